The molecule has 0 amide bonds. The first kappa shape index (κ1) is 15.0. The molecule has 0 fully saturated rings. The Balaban J connectivity index is 2.49. The van der Waals surface area contributed by atoms with Gasteiger partial charge in [-0.3, -0.25) is 0 Å². The van der Waals surface area contributed by atoms with Gasteiger partial charge in [-0.2, -0.15) is 0 Å². The number of rotatable bonds is 4. The number of hydrogen-bond donors (Lipinski definition) is 1. The van der Waals surface area contributed by atoms with Crippen LogP contribution < -0.4 is 4.90 Å². The molecule has 2 aromatic rings. The van der Waals surface area contributed by atoms with Gasteiger partial charge in [0, 0.05) is 28.0 Å². The van der Waals surface area contributed by atoms with E-state index in [-0.39, 0.29) is 5.82 Å². The lowest BCUT2D eigenvalue weighted by molar-refractivity contribution is 0.199. The molecule has 0 heterocycles. The molecule has 0 saturated carbocycles. The van der Waals surface area contributed by atoms with Gasteiger partial charge in [-0.25, -0.2) is 4.39 Å². The maximum absolute atomic E-state index is 13.1. The van der Waals surface area contributed by atoms with Crippen LogP contribution in [0.4, 0.5) is 15.8 Å². The summed E-state index contributed by atoms with van der Waals surface area (Å²) < 4.78 is 14.0. The Labute approximate surface area is 127 Å². The predicted octanol–water partition coefficient (Wildman–Crippen LogP) is 4.80. The summed E-state index contributed by atoms with van der Waals surface area (Å²) in [5, 5.41) is 9.96. The average Bonchev–Trinajstić information content (AvgIpc) is 2.43. The minimum Gasteiger partial charge on any atom is -0.389 e. The molecule has 106 valence electrons. The largest absolute Gasteiger partial charge is 0.389 e. The molecule has 0 aliphatic rings. The van der Waals surface area contributed by atoms with E-state index in [9.17, 15) is 9.50 Å². The van der Waals surface area contributed by atoms with E-state index >= 15 is 0 Å². The van der Waals surface area contributed by atoms with Crippen LogP contribution in [0.2, 0.25) is 0 Å². The Morgan fingerprint density at radius 1 is 1.20 bits per heavy atom. The van der Waals surface area contributed by atoms with Gasteiger partial charge in [-0.05, 0) is 56.3 Å². The highest BCUT2D eigenvalue weighted by Gasteiger charge is 2.15. The molecule has 0 spiro atoms. The van der Waals surface area contributed by atoms with Crippen molar-refractivity contribution in [1.29, 1.82) is 0 Å². The SMILES string of the molecule is CCN(c1ccc(F)cc1)c1ccc(Br)cc1C(C)O. The molecule has 2 rings (SSSR count). The zero-order valence-corrected chi connectivity index (χ0v) is 13.1. The van der Waals surface area contributed by atoms with E-state index in [0.29, 0.717) is 0 Å². The van der Waals surface area contributed by atoms with Crippen molar-refractivity contribution in [3.8, 4) is 0 Å². The minimum absolute atomic E-state index is 0.253. The molecular weight excluding hydrogens is 321 g/mol. The fourth-order valence-corrected chi connectivity index (χ4v) is 2.60. The molecule has 1 atom stereocenters. The summed E-state index contributed by atoms with van der Waals surface area (Å²) in [7, 11) is 0. The van der Waals surface area contributed by atoms with E-state index in [4.69, 9.17) is 0 Å². The fraction of sp³-hybridized carbons (Fsp3) is 0.250. The summed E-state index contributed by atoms with van der Waals surface area (Å²) in [6.07, 6.45) is -0.572. The van der Waals surface area contributed by atoms with Crippen LogP contribution in [-0.4, -0.2) is 11.7 Å². The van der Waals surface area contributed by atoms with Crippen LogP contribution in [0, 0.1) is 5.82 Å². The smallest absolute Gasteiger partial charge is 0.123 e. The van der Waals surface area contributed by atoms with Crippen molar-refractivity contribution < 1.29 is 9.50 Å². The zero-order chi connectivity index (χ0) is 14.7. The topological polar surface area (TPSA) is 23.5 Å². The van der Waals surface area contributed by atoms with Gasteiger partial charge in [0.25, 0.3) is 0 Å². The van der Waals surface area contributed by atoms with Gasteiger partial charge in [0.1, 0.15) is 5.82 Å². The molecule has 2 nitrogen and oxygen atoms in total. The average molecular weight is 338 g/mol. The monoisotopic (exact) mass is 337 g/mol. The molecule has 0 aromatic heterocycles. The van der Waals surface area contributed by atoms with Crippen LogP contribution in [0.1, 0.15) is 25.5 Å². The summed E-state index contributed by atoms with van der Waals surface area (Å²) in [5.74, 6) is -0.253. The highest BCUT2D eigenvalue weighted by atomic mass is 79.9. The zero-order valence-electron chi connectivity index (χ0n) is 11.5. The lowest BCUT2D eigenvalue weighted by Crippen LogP contribution is -2.18. The molecule has 0 aliphatic carbocycles. The maximum Gasteiger partial charge on any atom is 0.123 e. The molecule has 0 radical (unpaired) electrons. The van der Waals surface area contributed by atoms with Crippen molar-refractivity contribution in [2.45, 2.75) is 20.0 Å². The van der Waals surface area contributed by atoms with Crippen molar-refractivity contribution in [1.82, 2.24) is 0 Å². The van der Waals surface area contributed by atoms with E-state index in [1.807, 2.05) is 30.0 Å². The van der Waals surface area contributed by atoms with Crippen LogP contribution in [0.3, 0.4) is 0 Å². The van der Waals surface area contributed by atoms with E-state index in [1.165, 1.54) is 12.1 Å². The van der Waals surface area contributed by atoms with Crippen molar-refractivity contribution in [2.24, 2.45) is 0 Å². The second kappa shape index (κ2) is 6.37. The van der Waals surface area contributed by atoms with Gasteiger partial charge in [-0.15, -0.1) is 0 Å². The van der Waals surface area contributed by atoms with Gasteiger partial charge < -0.3 is 10.0 Å². The van der Waals surface area contributed by atoms with E-state index in [1.54, 1.807) is 19.1 Å². The third-order valence-corrected chi connectivity index (χ3v) is 3.68. The summed E-state index contributed by atoms with van der Waals surface area (Å²) in [4.78, 5) is 2.05. The number of nitrogens with zero attached hydrogens (tertiary/aromatic N) is 1. The molecule has 1 N–H and O–H groups in total. The molecule has 0 saturated heterocycles. The number of aliphatic hydroxyl groups is 1. The van der Waals surface area contributed by atoms with Gasteiger partial charge in [0.05, 0.1) is 6.10 Å². The second-order valence-electron chi connectivity index (χ2n) is 4.60. The summed E-state index contributed by atoms with van der Waals surface area (Å²) >= 11 is 3.42. The van der Waals surface area contributed by atoms with Gasteiger partial charge >= 0.3 is 0 Å². The highest BCUT2D eigenvalue weighted by molar-refractivity contribution is 9.10. The van der Waals surface area contributed by atoms with Gasteiger partial charge in [0.15, 0.2) is 0 Å². The van der Waals surface area contributed by atoms with E-state index in [0.717, 1.165) is 28.0 Å². The first-order chi connectivity index (χ1) is 9.52. The van der Waals surface area contributed by atoms with Crippen LogP contribution in [-0.2, 0) is 0 Å². The summed E-state index contributed by atoms with van der Waals surface area (Å²) in [6, 6.07) is 12.2. The van der Waals surface area contributed by atoms with Crippen LogP contribution >= 0.6 is 15.9 Å². The molecule has 0 aliphatic heterocycles. The number of hydrogen-bond acceptors (Lipinski definition) is 2. The molecule has 4 heteroatoms. The Morgan fingerprint density at radius 2 is 1.85 bits per heavy atom. The number of anilines is 2. The summed E-state index contributed by atoms with van der Waals surface area (Å²) in [5.41, 5.74) is 2.67. The highest BCUT2D eigenvalue weighted by Crippen LogP contribution is 2.33. The third-order valence-electron chi connectivity index (χ3n) is 3.18. The first-order valence-corrected chi connectivity index (χ1v) is 7.33. The molecule has 1 unspecified atom stereocenters. The maximum atomic E-state index is 13.1. The molecule has 20 heavy (non-hydrogen) atoms. The number of aliphatic hydroxyl groups excluding tert-OH is 1. The van der Waals surface area contributed by atoms with Crippen LogP contribution in [0.25, 0.3) is 0 Å². The van der Waals surface area contributed by atoms with Crippen LogP contribution in [0.15, 0.2) is 46.9 Å². The van der Waals surface area contributed by atoms with E-state index < -0.39 is 6.10 Å². The van der Waals surface area contributed by atoms with Crippen molar-refractivity contribution in [2.75, 3.05) is 11.4 Å². The van der Waals surface area contributed by atoms with Crippen molar-refractivity contribution >= 4 is 27.3 Å². The Morgan fingerprint density at radius 3 is 2.40 bits per heavy atom. The lowest BCUT2D eigenvalue weighted by atomic mass is 10.1. The number of benzene rings is 2. The molecule has 2 aromatic carbocycles. The normalized spacial score (nSPS) is 12.2. The van der Waals surface area contributed by atoms with E-state index in [2.05, 4.69) is 15.9 Å². The Bertz CT molecular complexity index is 584. The van der Waals surface area contributed by atoms with Crippen LogP contribution in [0.5, 0.6) is 0 Å². The lowest BCUT2D eigenvalue weighted by Gasteiger charge is -2.27. The van der Waals surface area contributed by atoms with Crippen molar-refractivity contribution in [3.63, 3.8) is 0 Å². The van der Waals surface area contributed by atoms with Crippen molar-refractivity contribution in [3.05, 3.63) is 58.3 Å². The second-order valence-corrected chi connectivity index (χ2v) is 5.52. The standard InChI is InChI=1S/C16H17BrFNO/c1-3-19(14-7-5-13(18)6-8-14)16-9-4-12(17)10-15(16)11(2)20/h4-11,20H,3H2,1-2H3. The quantitative estimate of drug-likeness (QED) is 0.866. The first-order valence-electron chi connectivity index (χ1n) is 6.53. The van der Waals surface area contributed by atoms with Gasteiger partial charge in [-0.1, -0.05) is 15.9 Å². The summed E-state index contributed by atoms with van der Waals surface area (Å²) in [6.45, 7) is 4.49. The minimum atomic E-state index is -0.572. The van der Waals surface area contributed by atoms with Gasteiger partial charge in [0.2, 0.25) is 0 Å². The Hall–Kier alpha value is -1.39. The fourth-order valence-electron chi connectivity index (χ4n) is 2.22. The Kier molecular flexibility index (Phi) is 4.78. The number of halogens is 2. The molecular formula is C16H17BrFNO. The predicted molar refractivity (Wildman–Crippen MR) is 83.9 cm³/mol. The molecule has 0 bridgehead atoms. The third kappa shape index (κ3) is 3.19.